The summed E-state index contributed by atoms with van der Waals surface area (Å²) in [6, 6.07) is 8.52. The Labute approximate surface area is 148 Å². The van der Waals surface area contributed by atoms with Crippen LogP contribution in [-0.4, -0.2) is 41.3 Å². The Kier molecular flexibility index (Phi) is 5.63. The summed E-state index contributed by atoms with van der Waals surface area (Å²) in [5, 5.41) is 2.07. The van der Waals surface area contributed by atoms with Crippen molar-refractivity contribution in [1.29, 1.82) is 0 Å². The molecule has 0 radical (unpaired) electrons. The summed E-state index contributed by atoms with van der Waals surface area (Å²) < 4.78 is 0. The van der Waals surface area contributed by atoms with Crippen LogP contribution in [0.2, 0.25) is 0 Å². The van der Waals surface area contributed by atoms with Crippen LogP contribution < -0.4 is 0 Å². The first kappa shape index (κ1) is 17.1. The van der Waals surface area contributed by atoms with E-state index >= 15 is 0 Å². The lowest BCUT2D eigenvalue weighted by molar-refractivity contribution is -0.132. The number of rotatable bonds is 6. The first-order valence-electron chi connectivity index (χ1n) is 8.55. The number of amides is 1. The Morgan fingerprint density at radius 3 is 2.92 bits per heavy atom. The fourth-order valence-corrected chi connectivity index (χ4v) is 4.00. The molecule has 0 spiro atoms. The fraction of sp³-hybridized carbons (Fsp3) is 0.474. The Hall–Kier alpha value is -1.72. The summed E-state index contributed by atoms with van der Waals surface area (Å²) >= 11 is 1.72. The molecule has 3 heterocycles. The first-order valence-corrected chi connectivity index (χ1v) is 9.43. The van der Waals surface area contributed by atoms with Gasteiger partial charge in [-0.3, -0.25) is 9.78 Å². The second kappa shape index (κ2) is 7.90. The van der Waals surface area contributed by atoms with Gasteiger partial charge in [0.15, 0.2) is 0 Å². The molecule has 1 unspecified atom stereocenters. The molecule has 1 amide bonds. The summed E-state index contributed by atoms with van der Waals surface area (Å²) in [5.74, 6) is 0.255. The van der Waals surface area contributed by atoms with Crippen LogP contribution in [0.25, 0.3) is 0 Å². The topological polar surface area (TPSA) is 36.4 Å². The van der Waals surface area contributed by atoms with Gasteiger partial charge in [0.05, 0.1) is 11.7 Å². The molecule has 1 saturated heterocycles. The normalized spacial score (nSPS) is 17.6. The van der Waals surface area contributed by atoms with Crippen molar-refractivity contribution in [2.75, 3.05) is 20.6 Å². The highest BCUT2D eigenvalue weighted by atomic mass is 32.1. The zero-order valence-electron chi connectivity index (χ0n) is 14.4. The second-order valence-corrected chi connectivity index (χ2v) is 7.69. The van der Waals surface area contributed by atoms with Crippen molar-refractivity contribution < 1.29 is 4.79 Å². The van der Waals surface area contributed by atoms with Crippen LogP contribution in [0.4, 0.5) is 0 Å². The fourth-order valence-electron chi connectivity index (χ4n) is 3.29. The van der Waals surface area contributed by atoms with Crippen molar-refractivity contribution in [3.63, 3.8) is 0 Å². The Balaban J connectivity index is 1.62. The summed E-state index contributed by atoms with van der Waals surface area (Å²) in [4.78, 5) is 22.7. The quantitative estimate of drug-likeness (QED) is 0.805. The predicted octanol–water partition coefficient (Wildman–Crippen LogP) is 3.50. The Bertz CT molecular complexity index is 652. The van der Waals surface area contributed by atoms with E-state index in [4.69, 9.17) is 0 Å². The largest absolute Gasteiger partial charge is 0.334 e. The van der Waals surface area contributed by atoms with Crippen molar-refractivity contribution in [3.05, 3.63) is 52.0 Å². The maximum Gasteiger partial charge on any atom is 0.223 e. The molecule has 2 aromatic rings. The molecule has 2 aromatic heterocycles. The lowest BCUT2D eigenvalue weighted by atomic mass is 10.1. The van der Waals surface area contributed by atoms with Crippen molar-refractivity contribution in [1.82, 2.24) is 14.8 Å². The summed E-state index contributed by atoms with van der Waals surface area (Å²) in [5.41, 5.74) is 2.23. The molecule has 3 rings (SSSR count). The van der Waals surface area contributed by atoms with E-state index in [2.05, 4.69) is 47.6 Å². The van der Waals surface area contributed by atoms with Crippen LogP contribution in [0, 0.1) is 0 Å². The van der Waals surface area contributed by atoms with Gasteiger partial charge in [-0.25, -0.2) is 0 Å². The molecule has 1 fully saturated rings. The smallest absolute Gasteiger partial charge is 0.223 e. The lowest BCUT2D eigenvalue weighted by Crippen LogP contribution is -2.31. The molecular weight excluding hydrogens is 318 g/mol. The number of likely N-dealkylation sites (tertiary alicyclic amines) is 1. The minimum absolute atomic E-state index is 0.147. The van der Waals surface area contributed by atoms with Gasteiger partial charge in [-0.15, -0.1) is 11.3 Å². The average Bonchev–Trinajstić information content (AvgIpc) is 3.24. The monoisotopic (exact) mass is 343 g/mol. The van der Waals surface area contributed by atoms with Crippen LogP contribution in [0.3, 0.4) is 0 Å². The number of hydrogen-bond acceptors (Lipinski definition) is 4. The highest BCUT2D eigenvalue weighted by Crippen LogP contribution is 2.31. The molecule has 5 heteroatoms. The molecule has 0 saturated carbocycles. The van der Waals surface area contributed by atoms with Crippen molar-refractivity contribution in [3.8, 4) is 0 Å². The van der Waals surface area contributed by atoms with E-state index in [0.717, 1.165) is 38.0 Å². The average molecular weight is 343 g/mol. The van der Waals surface area contributed by atoms with E-state index in [9.17, 15) is 4.79 Å². The molecule has 0 aliphatic carbocycles. The molecule has 128 valence electrons. The van der Waals surface area contributed by atoms with Gasteiger partial charge in [-0.05, 0) is 56.4 Å². The SMILES string of the molecule is CN(C)Cc1ccc(C2CCCN2C(=O)CCc2cccs2)nc1. The first-order chi connectivity index (χ1) is 11.6. The van der Waals surface area contributed by atoms with Crippen LogP contribution in [0.15, 0.2) is 35.8 Å². The number of carbonyl (C=O) groups is 1. The van der Waals surface area contributed by atoms with E-state index in [1.807, 2.05) is 17.2 Å². The zero-order valence-corrected chi connectivity index (χ0v) is 15.3. The molecule has 1 aliphatic rings. The van der Waals surface area contributed by atoms with Gasteiger partial charge in [0.1, 0.15) is 0 Å². The summed E-state index contributed by atoms with van der Waals surface area (Å²) in [6.45, 7) is 1.75. The third kappa shape index (κ3) is 4.22. The highest BCUT2D eigenvalue weighted by Gasteiger charge is 2.30. The maximum absolute atomic E-state index is 12.6. The minimum atomic E-state index is 0.147. The molecule has 24 heavy (non-hydrogen) atoms. The van der Waals surface area contributed by atoms with E-state index in [-0.39, 0.29) is 11.9 Å². The second-order valence-electron chi connectivity index (χ2n) is 6.65. The molecule has 1 aliphatic heterocycles. The third-order valence-electron chi connectivity index (χ3n) is 4.43. The van der Waals surface area contributed by atoms with E-state index < -0.39 is 0 Å². The van der Waals surface area contributed by atoms with Gasteiger partial charge in [-0.2, -0.15) is 0 Å². The van der Waals surface area contributed by atoms with Crippen molar-refractivity contribution >= 4 is 17.2 Å². The molecule has 4 nitrogen and oxygen atoms in total. The third-order valence-corrected chi connectivity index (χ3v) is 5.36. The van der Waals surface area contributed by atoms with Crippen LogP contribution in [0.5, 0.6) is 0 Å². The number of thiophene rings is 1. The Morgan fingerprint density at radius 2 is 2.25 bits per heavy atom. The molecule has 0 bridgehead atoms. The van der Waals surface area contributed by atoms with Crippen molar-refractivity contribution in [2.24, 2.45) is 0 Å². The van der Waals surface area contributed by atoms with Gasteiger partial charge in [0.2, 0.25) is 5.91 Å². The van der Waals surface area contributed by atoms with Gasteiger partial charge in [0, 0.05) is 30.6 Å². The zero-order chi connectivity index (χ0) is 16.9. The Morgan fingerprint density at radius 1 is 1.38 bits per heavy atom. The van der Waals surface area contributed by atoms with Gasteiger partial charge in [0.25, 0.3) is 0 Å². The van der Waals surface area contributed by atoms with Crippen LogP contribution in [-0.2, 0) is 17.8 Å². The summed E-state index contributed by atoms with van der Waals surface area (Å²) in [7, 11) is 4.11. The van der Waals surface area contributed by atoms with Gasteiger partial charge >= 0.3 is 0 Å². The van der Waals surface area contributed by atoms with E-state index in [0.29, 0.717) is 6.42 Å². The number of hydrogen-bond donors (Lipinski definition) is 0. The number of nitrogens with zero attached hydrogens (tertiary/aromatic N) is 3. The standard InChI is InChI=1S/C19H25N3OS/c1-21(2)14-15-7-9-17(20-13-15)18-6-3-11-22(18)19(23)10-8-16-5-4-12-24-16/h4-5,7,9,12-13,18H,3,6,8,10-11,14H2,1-2H3. The predicted molar refractivity (Wildman–Crippen MR) is 98.0 cm³/mol. The summed E-state index contributed by atoms with van der Waals surface area (Å²) in [6.07, 6.45) is 5.47. The lowest BCUT2D eigenvalue weighted by Gasteiger charge is -2.24. The molecule has 0 aromatic carbocycles. The molecular formula is C19H25N3OS. The van der Waals surface area contributed by atoms with Gasteiger partial charge < -0.3 is 9.80 Å². The van der Waals surface area contributed by atoms with Gasteiger partial charge in [-0.1, -0.05) is 12.1 Å². The number of aromatic nitrogens is 1. The number of aryl methyl sites for hydroxylation is 1. The van der Waals surface area contributed by atoms with E-state index in [1.165, 1.54) is 10.4 Å². The minimum Gasteiger partial charge on any atom is -0.334 e. The van der Waals surface area contributed by atoms with E-state index in [1.54, 1.807) is 11.3 Å². The van der Waals surface area contributed by atoms with Crippen LogP contribution >= 0.6 is 11.3 Å². The number of carbonyl (C=O) groups excluding carboxylic acids is 1. The highest BCUT2D eigenvalue weighted by molar-refractivity contribution is 7.09. The van der Waals surface area contributed by atoms with Crippen LogP contribution in [0.1, 0.15) is 41.4 Å². The molecule has 0 N–H and O–H groups in total. The maximum atomic E-state index is 12.6. The number of pyridine rings is 1. The van der Waals surface area contributed by atoms with Crippen molar-refractivity contribution in [2.45, 2.75) is 38.3 Å². The molecule has 1 atom stereocenters.